The lowest BCUT2D eigenvalue weighted by molar-refractivity contribution is 0.794. The Labute approximate surface area is 358 Å². The van der Waals surface area contributed by atoms with Crippen LogP contribution in [-0.4, -0.2) is 19.1 Å². The highest BCUT2D eigenvalue weighted by atomic mass is 15.0. The molecule has 0 saturated carbocycles. The van der Waals surface area contributed by atoms with Gasteiger partial charge in [-0.05, 0) is 129 Å². The minimum absolute atomic E-state index is 0.281. The zero-order chi connectivity index (χ0) is 40.7. The fourth-order valence-electron chi connectivity index (χ4n) is 10.3. The molecule has 9 aromatic carbocycles. The molecule has 1 aliphatic carbocycles. The van der Waals surface area contributed by atoms with Gasteiger partial charge in [0.05, 0.1) is 33.1 Å². The summed E-state index contributed by atoms with van der Waals surface area (Å²) in [5, 5.41) is 4.92. The van der Waals surface area contributed by atoms with Gasteiger partial charge in [-0.15, -0.1) is 0 Å². The molecular formula is C58H38N4. The first-order valence-corrected chi connectivity index (χ1v) is 21.4. The molecule has 0 aliphatic heterocycles. The van der Waals surface area contributed by atoms with E-state index in [1.807, 2.05) is 0 Å². The van der Waals surface area contributed by atoms with E-state index in [0.717, 1.165) is 39.9 Å². The zero-order valence-electron chi connectivity index (χ0n) is 33.8. The minimum atomic E-state index is 0.281. The number of hydrogen-bond acceptors (Lipinski definition) is 2. The maximum Gasteiger partial charge on any atom is 0.0907 e. The molecule has 1 atom stereocenters. The van der Waals surface area contributed by atoms with E-state index in [-0.39, 0.29) is 5.92 Å². The molecule has 0 N–H and O–H groups in total. The van der Waals surface area contributed by atoms with Crippen molar-refractivity contribution in [3.05, 3.63) is 229 Å². The average molecular weight is 791 g/mol. The number of hydrogen-bond donors (Lipinski definition) is 0. The quantitative estimate of drug-likeness (QED) is 0.174. The van der Waals surface area contributed by atoms with Crippen LogP contribution in [0.4, 0.5) is 0 Å². The van der Waals surface area contributed by atoms with Gasteiger partial charge in [0.25, 0.3) is 0 Å². The highest BCUT2D eigenvalue weighted by molar-refractivity contribution is 6.13. The van der Waals surface area contributed by atoms with Gasteiger partial charge in [0, 0.05) is 51.2 Å². The summed E-state index contributed by atoms with van der Waals surface area (Å²) in [5.74, 6) is 0.281. The van der Waals surface area contributed by atoms with Gasteiger partial charge in [0.1, 0.15) is 0 Å². The molecule has 12 aromatic rings. The number of aromatic nitrogens is 4. The van der Waals surface area contributed by atoms with E-state index < -0.39 is 0 Å². The highest BCUT2D eigenvalue weighted by Gasteiger charge is 2.26. The van der Waals surface area contributed by atoms with Crippen molar-refractivity contribution in [2.45, 2.75) is 12.3 Å². The first-order chi connectivity index (χ1) is 30.7. The van der Waals surface area contributed by atoms with Gasteiger partial charge < -0.3 is 9.13 Å². The van der Waals surface area contributed by atoms with Gasteiger partial charge in [0.15, 0.2) is 0 Å². The van der Waals surface area contributed by atoms with E-state index in [1.165, 1.54) is 82.6 Å². The van der Waals surface area contributed by atoms with Crippen molar-refractivity contribution in [3.63, 3.8) is 0 Å². The molecule has 0 radical (unpaired) electrons. The van der Waals surface area contributed by atoms with Crippen LogP contribution < -0.4 is 0 Å². The zero-order valence-corrected chi connectivity index (χ0v) is 33.8. The Morgan fingerprint density at radius 1 is 0.371 bits per heavy atom. The molecular weight excluding hydrogens is 753 g/mol. The van der Waals surface area contributed by atoms with E-state index in [9.17, 15) is 0 Å². The lowest BCUT2D eigenvalue weighted by atomic mass is 9.75. The monoisotopic (exact) mass is 790 g/mol. The van der Waals surface area contributed by atoms with Crippen molar-refractivity contribution in [1.82, 2.24) is 19.1 Å². The van der Waals surface area contributed by atoms with Crippen molar-refractivity contribution >= 4 is 54.6 Å². The van der Waals surface area contributed by atoms with Crippen LogP contribution in [0.5, 0.6) is 0 Å². The highest BCUT2D eigenvalue weighted by Crippen LogP contribution is 2.45. The van der Waals surface area contributed by atoms with Crippen molar-refractivity contribution in [3.8, 4) is 44.8 Å². The van der Waals surface area contributed by atoms with Crippen LogP contribution in [0.1, 0.15) is 22.6 Å². The van der Waals surface area contributed by atoms with Gasteiger partial charge in [-0.2, -0.15) is 0 Å². The molecule has 0 bridgehead atoms. The van der Waals surface area contributed by atoms with Gasteiger partial charge in [0.2, 0.25) is 0 Å². The molecule has 290 valence electrons. The van der Waals surface area contributed by atoms with Crippen molar-refractivity contribution in [2.75, 3.05) is 0 Å². The normalized spacial score (nSPS) is 13.6. The lowest BCUT2D eigenvalue weighted by Gasteiger charge is -2.29. The second kappa shape index (κ2) is 13.7. The molecule has 13 rings (SSSR count). The smallest absolute Gasteiger partial charge is 0.0907 e. The summed E-state index contributed by atoms with van der Waals surface area (Å²) in [4.78, 5) is 9.26. The molecule has 62 heavy (non-hydrogen) atoms. The van der Waals surface area contributed by atoms with Crippen LogP contribution in [0.15, 0.2) is 213 Å². The standard InChI is InChI=1S/C58H38N4/c1-3-11-37(12-4-1)49-34-42-13-7-8-16-45(42)46-24-19-38(31-50(46)49)39-21-27-56-51(32-39)52-33-40(22-28-57(52)62(56)44-23-26-53-54(36-44)60-30-29-59-53)41-20-25-48-47-17-9-10-18-55(47)61(58(48)35-41)43-14-5-2-6-15-43/h1-33,35-36,49H,34H2. The third kappa shape index (κ3) is 5.40. The largest absolute Gasteiger partial charge is 0.309 e. The summed E-state index contributed by atoms with van der Waals surface area (Å²) in [6, 6.07) is 73.8. The van der Waals surface area contributed by atoms with Gasteiger partial charge in [-0.3, -0.25) is 9.97 Å². The molecule has 0 spiro atoms. The minimum Gasteiger partial charge on any atom is -0.309 e. The predicted molar refractivity (Wildman–Crippen MR) is 257 cm³/mol. The van der Waals surface area contributed by atoms with E-state index in [4.69, 9.17) is 0 Å². The van der Waals surface area contributed by atoms with E-state index >= 15 is 0 Å². The molecule has 0 amide bonds. The van der Waals surface area contributed by atoms with E-state index in [0.29, 0.717) is 0 Å². The Morgan fingerprint density at radius 3 is 1.77 bits per heavy atom. The summed E-state index contributed by atoms with van der Waals surface area (Å²) in [6.45, 7) is 0. The summed E-state index contributed by atoms with van der Waals surface area (Å²) in [5.41, 5.74) is 20.3. The lowest BCUT2D eigenvalue weighted by Crippen LogP contribution is -2.12. The van der Waals surface area contributed by atoms with Crippen molar-refractivity contribution in [1.29, 1.82) is 0 Å². The second-order valence-electron chi connectivity index (χ2n) is 16.6. The van der Waals surface area contributed by atoms with Crippen LogP contribution in [0.3, 0.4) is 0 Å². The molecule has 4 heteroatoms. The number of benzene rings is 9. The molecule has 0 fully saturated rings. The Bertz CT molecular complexity index is 3730. The average Bonchev–Trinajstić information content (AvgIpc) is 3.85. The third-order valence-electron chi connectivity index (χ3n) is 13.2. The van der Waals surface area contributed by atoms with Crippen LogP contribution in [0.25, 0.3) is 99.4 Å². The maximum atomic E-state index is 4.69. The third-order valence-corrected chi connectivity index (χ3v) is 13.2. The van der Waals surface area contributed by atoms with E-state index in [2.05, 4.69) is 219 Å². The molecule has 3 heterocycles. The van der Waals surface area contributed by atoms with Gasteiger partial charge >= 0.3 is 0 Å². The summed E-state index contributed by atoms with van der Waals surface area (Å²) < 4.78 is 4.78. The topological polar surface area (TPSA) is 35.6 Å². The van der Waals surface area contributed by atoms with Crippen LogP contribution in [0.2, 0.25) is 0 Å². The molecule has 0 saturated heterocycles. The van der Waals surface area contributed by atoms with Crippen molar-refractivity contribution < 1.29 is 0 Å². The van der Waals surface area contributed by atoms with E-state index in [1.54, 1.807) is 12.4 Å². The number of para-hydroxylation sites is 2. The Morgan fingerprint density at radius 2 is 0.968 bits per heavy atom. The summed E-state index contributed by atoms with van der Waals surface area (Å²) >= 11 is 0. The first kappa shape index (κ1) is 34.8. The molecule has 4 nitrogen and oxygen atoms in total. The molecule has 1 unspecified atom stereocenters. The summed E-state index contributed by atoms with van der Waals surface area (Å²) in [6.07, 6.45) is 4.51. The molecule has 3 aromatic heterocycles. The number of rotatable bonds is 5. The Balaban J connectivity index is 1.02. The fraction of sp³-hybridized carbons (Fsp3) is 0.0345. The van der Waals surface area contributed by atoms with Crippen LogP contribution in [-0.2, 0) is 6.42 Å². The van der Waals surface area contributed by atoms with Crippen molar-refractivity contribution in [2.24, 2.45) is 0 Å². The number of fused-ring (bicyclic) bond motifs is 10. The maximum absolute atomic E-state index is 4.69. The Kier molecular flexibility index (Phi) is 7.70. The first-order valence-electron chi connectivity index (χ1n) is 21.4. The predicted octanol–water partition coefficient (Wildman–Crippen LogP) is 14.5. The Hall–Kier alpha value is -8.08. The fourth-order valence-corrected chi connectivity index (χ4v) is 10.3. The number of nitrogens with zero attached hydrogens (tertiary/aromatic N) is 4. The van der Waals surface area contributed by atoms with Crippen LogP contribution >= 0.6 is 0 Å². The summed E-state index contributed by atoms with van der Waals surface area (Å²) in [7, 11) is 0. The SMILES string of the molecule is c1ccc(C2Cc3ccccc3-c3ccc(-c4ccc5c(c4)c4cc(-c6ccc7c8ccccc8n(-c8ccccc8)c7c6)ccc4n5-c4ccc5nccnc5c4)cc32)cc1. The van der Waals surface area contributed by atoms with Crippen LogP contribution in [0, 0.1) is 0 Å². The molecule has 1 aliphatic rings. The second-order valence-corrected chi connectivity index (χ2v) is 16.6. The van der Waals surface area contributed by atoms with Gasteiger partial charge in [-0.25, -0.2) is 0 Å². The van der Waals surface area contributed by atoms with Gasteiger partial charge in [-0.1, -0.05) is 127 Å².